The molecule has 1 aromatic carbocycles. The number of rotatable bonds is 6. The van der Waals surface area contributed by atoms with Gasteiger partial charge in [0.15, 0.2) is 11.5 Å². The third-order valence-electron chi connectivity index (χ3n) is 2.48. The van der Waals surface area contributed by atoms with Gasteiger partial charge in [0.2, 0.25) is 0 Å². The Morgan fingerprint density at radius 3 is 2.41 bits per heavy atom. The highest BCUT2D eigenvalue weighted by atomic mass is 32.2. The van der Waals surface area contributed by atoms with E-state index < -0.39 is 0 Å². The average Bonchev–Trinajstić information content (AvgIpc) is 2.35. The van der Waals surface area contributed by atoms with Crippen LogP contribution in [-0.4, -0.2) is 34.1 Å². The van der Waals surface area contributed by atoms with Gasteiger partial charge in [0.25, 0.3) is 0 Å². The predicted octanol–water partition coefficient (Wildman–Crippen LogP) is 2.33. The minimum Gasteiger partial charge on any atom is -0.493 e. The Morgan fingerprint density at radius 2 is 1.94 bits per heavy atom. The molecule has 0 spiro atoms. The number of halogens is 1. The summed E-state index contributed by atoms with van der Waals surface area (Å²) in [6.07, 6.45) is 2.51. The number of ether oxygens (including phenoxy) is 2. The maximum atomic E-state index is 13.9. The fourth-order valence-electron chi connectivity index (χ4n) is 1.69. The van der Waals surface area contributed by atoms with E-state index in [1.165, 1.54) is 24.9 Å². The van der Waals surface area contributed by atoms with Crippen LogP contribution in [0.25, 0.3) is 0 Å². The number of hydrogen-bond acceptors (Lipinski definition) is 4. The van der Waals surface area contributed by atoms with Gasteiger partial charge in [-0.3, -0.25) is 0 Å². The van der Waals surface area contributed by atoms with E-state index in [1.807, 2.05) is 13.3 Å². The Bertz CT molecular complexity index is 385. The van der Waals surface area contributed by atoms with E-state index in [9.17, 15) is 4.39 Å². The van der Waals surface area contributed by atoms with Crippen LogP contribution in [0.1, 0.15) is 5.56 Å². The Hall–Kier alpha value is -0.940. The number of benzene rings is 1. The van der Waals surface area contributed by atoms with Gasteiger partial charge in [-0.25, -0.2) is 4.39 Å². The molecular weight excluding hydrogens is 241 g/mol. The van der Waals surface area contributed by atoms with E-state index in [0.717, 1.165) is 12.1 Å². The Morgan fingerprint density at radius 1 is 1.29 bits per heavy atom. The zero-order valence-electron chi connectivity index (χ0n) is 10.6. The number of thioether (sulfide) groups is 1. The van der Waals surface area contributed by atoms with Crippen LogP contribution >= 0.6 is 11.8 Å². The molecule has 0 aliphatic rings. The molecule has 0 saturated carbocycles. The average molecular weight is 259 g/mol. The summed E-state index contributed by atoms with van der Waals surface area (Å²) in [5, 5.41) is 3.03. The lowest BCUT2D eigenvalue weighted by molar-refractivity contribution is 0.339. The summed E-state index contributed by atoms with van der Waals surface area (Å²) in [7, 11) is 4.96. The lowest BCUT2D eigenvalue weighted by Crippen LogP contribution is -2.11. The molecule has 17 heavy (non-hydrogen) atoms. The highest BCUT2D eigenvalue weighted by Gasteiger charge is 2.19. The molecule has 0 radical (unpaired) electrons. The molecule has 0 atom stereocenters. The van der Waals surface area contributed by atoms with Crippen molar-refractivity contribution < 1.29 is 13.9 Å². The van der Waals surface area contributed by atoms with Gasteiger partial charge >= 0.3 is 0 Å². The predicted molar refractivity (Wildman–Crippen MR) is 68.9 cm³/mol. The van der Waals surface area contributed by atoms with Crippen LogP contribution in [0.2, 0.25) is 0 Å². The molecule has 96 valence electrons. The summed E-state index contributed by atoms with van der Waals surface area (Å²) in [6, 6.07) is 1.52. The van der Waals surface area contributed by atoms with Crippen molar-refractivity contribution in [2.45, 2.75) is 11.3 Å². The maximum Gasteiger partial charge on any atom is 0.177 e. The van der Waals surface area contributed by atoms with Crippen molar-refractivity contribution in [3.63, 3.8) is 0 Å². The quantitative estimate of drug-likeness (QED) is 0.794. The van der Waals surface area contributed by atoms with Gasteiger partial charge in [0.05, 0.1) is 19.1 Å². The monoisotopic (exact) mass is 259 g/mol. The fourth-order valence-corrected chi connectivity index (χ4v) is 2.30. The highest BCUT2D eigenvalue weighted by molar-refractivity contribution is 7.98. The Labute approximate surface area is 106 Å². The molecule has 0 fully saturated rings. The van der Waals surface area contributed by atoms with Crippen LogP contribution in [0.4, 0.5) is 4.39 Å². The van der Waals surface area contributed by atoms with Crippen molar-refractivity contribution in [2.75, 3.05) is 34.1 Å². The summed E-state index contributed by atoms with van der Waals surface area (Å²) in [5.74, 6) is 0.834. The summed E-state index contributed by atoms with van der Waals surface area (Å²) in [5.41, 5.74) is 0.814. The van der Waals surface area contributed by atoms with Crippen molar-refractivity contribution in [3.8, 4) is 11.5 Å². The molecular formula is C12H18FNO2S. The fraction of sp³-hybridized carbons (Fsp3) is 0.500. The molecule has 0 bridgehead atoms. The minimum absolute atomic E-state index is 0.263. The first-order valence-corrected chi connectivity index (χ1v) is 6.54. The van der Waals surface area contributed by atoms with Crippen molar-refractivity contribution >= 4 is 11.8 Å². The highest BCUT2D eigenvalue weighted by Crippen LogP contribution is 2.41. The minimum atomic E-state index is -0.263. The van der Waals surface area contributed by atoms with E-state index in [4.69, 9.17) is 9.47 Å². The van der Waals surface area contributed by atoms with Gasteiger partial charge < -0.3 is 14.8 Å². The summed E-state index contributed by atoms with van der Waals surface area (Å²) < 4.78 is 24.4. The molecule has 0 aliphatic carbocycles. The standard InChI is InChI=1S/C12H18FNO2S/c1-14-6-5-8-7-9(13)12(17-4)11(16-3)10(8)15-2/h7,14H,5-6H2,1-4H3. The topological polar surface area (TPSA) is 30.5 Å². The molecule has 5 heteroatoms. The van der Waals surface area contributed by atoms with E-state index in [0.29, 0.717) is 22.8 Å². The second kappa shape index (κ2) is 6.71. The van der Waals surface area contributed by atoms with E-state index in [-0.39, 0.29) is 5.82 Å². The molecule has 0 aromatic heterocycles. The van der Waals surface area contributed by atoms with Crippen LogP contribution in [0.3, 0.4) is 0 Å². The largest absolute Gasteiger partial charge is 0.493 e. The maximum absolute atomic E-state index is 13.9. The molecule has 1 rings (SSSR count). The first-order valence-electron chi connectivity index (χ1n) is 5.31. The van der Waals surface area contributed by atoms with Gasteiger partial charge in [-0.1, -0.05) is 0 Å². The van der Waals surface area contributed by atoms with E-state index in [1.54, 1.807) is 7.11 Å². The number of hydrogen-bond donors (Lipinski definition) is 1. The lowest BCUT2D eigenvalue weighted by Gasteiger charge is -2.16. The molecule has 1 N–H and O–H groups in total. The van der Waals surface area contributed by atoms with E-state index >= 15 is 0 Å². The van der Waals surface area contributed by atoms with Crippen LogP contribution in [-0.2, 0) is 6.42 Å². The Kier molecular flexibility index (Phi) is 5.58. The second-order valence-corrected chi connectivity index (χ2v) is 4.29. The van der Waals surface area contributed by atoms with Gasteiger partial charge in [-0.15, -0.1) is 11.8 Å². The lowest BCUT2D eigenvalue weighted by atomic mass is 10.1. The second-order valence-electron chi connectivity index (χ2n) is 3.47. The molecule has 3 nitrogen and oxygen atoms in total. The van der Waals surface area contributed by atoms with Gasteiger partial charge in [-0.05, 0) is 32.3 Å². The summed E-state index contributed by atoms with van der Waals surface area (Å²) in [6.45, 7) is 0.761. The molecule has 0 unspecified atom stereocenters. The van der Waals surface area contributed by atoms with Crippen molar-refractivity contribution in [2.24, 2.45) is 0 Å². The van der Waals surface area contributed by atoms with Gasteiger partial charge in [0, 0.05) is 5.56 Å². The normalized spacial score (nSPS) is 10.4. The summed E-state index contributed by atoms with van der Waals surface area (Å²) >= 11 is 1.31. The zero-order valence-corrected chi connectivity index (χ0v) is 11.4. The number of methoxy groups -OCH3 is 2. The van der Waals surface area contributed by atoms with Crippen LogP contribution < -0.4 is 14.8 Å². The van der Waals surface area contributed by atoms with Crippen molar-refractivity contribution in [1.29, 1.82) is 0 Å². The molecule has 0 aliphatic heterocycles. The molecule has 0 saturated heterocycles. The van der Waals surface area contributed by atoms with Crippen LogP contribution in [0, 0.1) is 5.82 Å². The zero-order chi connectivity index (χ0) is 12.8. The molecule has 0 heterocycles. The van der Waals surface area contributed by atoms with Crippen LogP contribution in [0.15, 0.2) is 11.0 Å². The smallest absolute Gasteiger partial charge is 0.177 e. The van der Waals surface area contributed by atoms with Crippen molar-refractivity contribution in [3.05, 3.63) is 17.4 Å². The SMILES string of the molecule is CNCCc1cc(F)c(SC)c(OC)c1OC. The van der Waals surface area contributed by atoms with Crippen molar-refractivity contribution in [1.82, 2.24) is 5.32 Å². The van der Waals surface area contributed by atoms with E-state index in [2.05, 4.69) is 5.32 Å². The Balaban J connectivity index is 3.26. The number of likely N-dealkylation sites (N-methyl/N-ethyl adjacent to an activating group) is 1. The van der Waals surface area contributed by atoms with Gasteiger partial charge in [0.1, 0.15) is 5.82 Å². The number of nitrogens with one attached hydrogen (secondary N) is 1. The van der Waals surface area contributed by atoms with Gasteiger partial charge in [-0.2, -0.15) is 0 Å². The van der Waals surface area contributed by atoms with Crippen LogP contribution in [0.5, 0.6) is 11.5 Å². The first-order chi connectivity index (χ1) is 8.19. The summed E-state index contributed by atoms with van der Waals surface area (Å²) in [4.78, 5) is 0.484. The first kappa shape index (κ1) is 14.1. The molecule has 0 amide bonds. The third-order valence-corrected chi connectivity index (χ3v) is 3.27. The third kappa shape index (κ3) is 3.04. The molecule has 1 aromatic rings.